The van der Waals surface area contributed by atoms with Crippen LogP contribution in [0.4, 0.5) is 8.78 Å². The van der Waals surface area contributed by atoms with Crippen LogP contribution in [0.25, 0.3) is 0 Å². The smallest absolute Gasteiger partial charge is 0.256 e. The number of benzene rings is 1. The van der Waals surface area contributed by atoms with Gasteiger partial charge in [-0.1, -0.05) is 12.8 Å². The predicted molar refractivity (Wildman–Crippen MR) is 85.4 cm³/mol. The molecule has 2 fully saturated rings. The van der Waals surface area contributed by atoms with Crippen LogP contribution < -0.4 is 0 Å². The van der Waals surface area contributed by atoms with Gasteiger partial charge in [-0.15, -0.1) is 0 Å². The molecular weight excluding hydrogens is 314 g/mol. The van der Waals surface area contributed by atoms with Crippen molar-refractivity contribution < 1.29 is 18.4 Å². The van der Waals surface area contributed by atoms with Gasteiger partial charge in [0.2, 0.25) is 5.91 Å². The summed E-state index contributed by atoms with van der Waals surface area (Å²) >= 11 is 0. The Morgan fingerprint density at radius 3 is 2.25 bits per heavy atom. The molecule has 3 rings (SSSR count). The Hall–Kier alpha value is -1.98. The quantitative estimate of drug-likeness (QED) is 0.852. The SMILES string of the molecule is O=C(CC1CCCC1)N1CCN(C(=O)c2ccc(F)cc2F)CC1. The normalized spacial score (nSPS) is 18.9. The highest BCUT2D eigenvalue weighted by Gasteiger charge is 2.28. The molecule has 0 N–H and O–H groups in total. The van der Waals surface area contributed by atoms with Crippen molar-refractivity contribution in [1.29, 1.82) is 0 Å². The van der Waals surface area contributed by atoms with E-state index in [4.69, 9.17) is 0 Å². The number of nitrogens with zero attached hydrogens (tertiary/aromatic N) is 2. The zero-order valence-corrected chi connectivity index (χ0v) is 13.6. The van der Waals surface area contributed by atoms with E-state index in [2.05, 4.69) is 0 Å². The zero-order chi connectivity index (χ0) is 17.1. The fourth-order valence-corrected chi connectivity index (χ4v) is 3.58. The van der Waals surface area contributed by atoms with Crippen LogP contribution in [0.2, 0.25) is 0 Å². The van der Waals surface area contributed by atoms with E-state index >= 15 is 0 Å². The summed E-state index contributed by atoms with van der Waals surface area (Å²) in [6.07, 6.45) is 5.29. The maximum Gasteiger partial charge on any atom is 0.256 e. The minimum absolute atomic E-state index is 0.123. The van der Waals surface area contributed by atoms with Gasteiger partial charge >= 0.3 is 0 Å². The predicted octanol–water partition coefficient (Wildman–Crippen LogP) is 2.83. The Morgan fingerprint density at radius 1 is 1.00 bits per heavy atom. The third-order valence-electron chi connectivity index (χ3n) is 5.02. The van der Waals surface area contributed by atoms with Crippen LogP contribution in [0.15, 0.2) is 18.2 Å². The summed E-state index contributed by atoms with van der Waals surface area (Å²) in [5.41, 5.74) is -0.123. The maximum atomic E-state index is 13.7. The number of carbonyl (C=O) groups is 2. The van der Waals surface area contributed by atoms with Crippen molar-refractivity contribution in [2.75, 3.05) is 26.2 Å². The number of amides is 2. The van der Waals surface area contributed by atoms with Crippen LogP contribution >= 0.6 is 0 Å². The van der Waals surface area contributed by atoms with E-state index in [1.54, 1.807) is 4.90 Å². The summed E-state index contributed by atoms with van der Waals surface area (Å²) in [7, 11) is 0. The Kier molecular flexibility index (Phi) is 5.11. The van der Waals surface area contributed by atoms with Crippen LogP contribution in [0.3, 0.4) is 0 Å². The zero-order valence-electron chi connectivity index (χ0n) is 13.6. The number of hydrogen-bond acceptors (Lipinski definition) is 2. The van der Waals surface area contributed by atoms with Gasteiger partial charge in [-0.2, -0.15) is 0 Å². The lowest BCUT2D eigenvalue weighted by Crippen LogP contribution is -2.51. The van der Waals surface area contributed by atoms with Gasteiger partial charge in [0, 0.05) is 38.7 Å². The molecule has 1 aromatic rings. The topological polar surface area (TPSA) is 40.6 Å². The first-order valence-corrected chi connectivity index (χ1v) is 8.56. The highest BCUT2D eigenvalue weighted by Crippen LogP contribution is 2.28. The minimum atomic E-state index is -0.847. The van der Waals surface area contributed by atoms with Crippen molar-refractivity contribution in [2.45, 2.75) is 32.1 Å². The lowest BCUT2D eigenvalue weighted by atomic mass is 10.0. The second kappa shape index (κ2) is 7.28. The summed E-state index contributed by atoms with van der Waals surface area (Å²) in [4.78, 5) is 28.0. The molecule has 1 aromatic carbocycles. The first kappa shape index (κ1) is 16.9. The molecule has 6 heteroatoms. The van der Waals surface area contributed by atoms with Gasteiger partial charge in [0.1, 0.15) is 11.6 Å². The highest BCUT2D eigenvalue weighted by molar-refractivity contribution is 5.94. The minimum Gasteiger partial charge on any atom is -0.339 e. The first-order valence-electron chi connectivity index (χ1n) is 8.56. The summed E-state index contributed by atoms with van der Waals surface area (Å²) < 4.78 is 26.7. The first-order chi connectivity index (χ1) is 11.5. The highest BCUT2D eigenvalue weighted by atomic mass is 19.1. The lowest BCUT2D eigenvalue weighted by Gasteiger charge is -2.35. The Balaban J connectivity index is 1.54. The van der Waals surface area contributed by atoms with E-state index in [-0.39, 0.29) is 11.5 Å². The molecule has 0 aromatic heterocycles. The van der Waals surface area contributed by atoms with Crippen molar-refractivity contribution in [3.63, 3.8) is 0 Å². The van der Waals surface area contributed by atoms with Gasteiger partial charge in [-0.25, -0.2) is 8.78 Å². The fourth-order valence-electron chi connectivity index (χ4n) is 3.58. The average molecular weight is 336 g/mol. The van der Waals surface area contributed by atoms with Crippen molar-refractivity contribution in [2.24, 2.45) is 5.92 Å². The van der Waals surface area contributed by atoms with Gasteiger partial charge in [0.25, 0.3) is 5.91 Å². The monoisotopic (exact) mass is 336 g/mol. The summed E-state index contributed by atoms with van der Waals surface area (Å²) in [5.74, 6) is -1.34. The maximum absolute atomic E-state index is 13.7. The fraction of sp³-hybridized carbons (Fsp3) is 0.556. The van der Waals surface area contributed by atoms with E-state index in [0.29, 0.717) is 44.6 Å². The molecular formula is C18H22F2N2O2. The summed E-state index contributed by atoms with van der Waals surface area (Å²) in [5, 5.41) is 0. The number of piperazine rings is 1. The largest absolute Gasteiger partial charge is 0.339 e. The average Bonchev–Trinajstić information content (AvgIpc) is 3.07. The van der Waals surface area contributed by atoms with Crippen LogP contribution in [-0.2, 0) is 4.79 Å². The molecule has 4 nitrogen and oxygen atoms in total. The van der Waals surface area contributed by atoms with Crippen LogP contribution in [0, 0.1) is 17.6 Å². The molecule has 0 spiro atoms. The molecule has 2 amide bonds. The van der Waals surface area contributed by atoms with Crippen molar-refractivity contribution in [3.8, 4) is 0 Å². The Bertz CT molecular complexity index is 621. The molecule has 130 valence electrons. The second-order valence-electron chi connectivity index (χ2n) is 6.65. The molecule has 1 aliphatic carbocycles. The molecule has 1 saturated heterocycles. The lowest BCUT2D eigenvalue weighted by molar-refractivity contribution is -0.133. The molecule has 24 heavy (non-hydrogen) atoms. The standard InChI is InChI=1S/C18H22F2N2O2/c19-14-5-6-15(16(20)12-14)18(24)22-9-7-21(8-10-22)17(23)11-13-3-1-2-4-13/h5-6,12-13H,1-4,7-11H2. The molecule has 1 heterocycles. The van der Waals surface area contributed by atoms with Crippen LogP contribution in [0.1, 0.15) is 42.5 Å². The van der Waals surface area contributed by atoms with Crippen LogP contribution in [0.5, 0.6) is 0 Å². The molecule has 1 aliphatic heterocycles. The van der Waals surface area contributed by atoms with Gasteiger partial charge < -0.3 is 9.80 Å². The van der Waals surface area contributed by atoms with Crippen molar-refractivity contribution in [1.82, 2.24) is 9.80 Å². The Labute approximate surface area is 140 Å². The molecule has 0 radical (unpaired) electrons. The molecule has 0 atom stereocenters. The summed E-state index contributed by atoms with van der Waals surface area (Å²) in [6, 6.07) is 2.97. The van der Waals surface area contributed by atoms with Gasteiger partial charge in [-0.3, -0.25) is 9.59 Å². The van der Waals surface area contributed by atoms with E-state index in [1.165, 1.54) is 23.8 Å². The molecule has 0 unspecified atom stereocenters. The van der Waals surface area contributed by atoms with Crippen molar-refractivity contribution >= 4 is 11.8 Å². The van der Waals surface area contributed by atoms with Crippen LogP contribution in [-0.4, -0.2) is 47.8 Å². The third kappa shape index (κ3) is 3.74. The number of hydrogen-bond donors (Lipinski definition) is 0. The summed E-state index contributed by atoms with van der Waals surface area (Å²) in [6.45, 7) is 1.71. The number of carbonyl (C=O) groups excluding carboxylic acids is 2. The number of rotatable bonds is 3. The van der Waals surface area contributed by atoms with Crippen molar-refractivity contribution in [3.05, 3.63) is 35.4 Å². The number of halogens is 2. The van der Waals surface area contributed by atoms with E-state index in [9.17, 15) is 18.4 Å². The second-order valence-corrected chi connectivity index (χ2v) is 6.65. The van der Waals surface area contributed by atoms with E-state index in [1.807, 2.05) is 0 Å². The van der Waals surface area contributed by atoms with Gasteiger partial charge in [0.05, 0.1) is 5.56 Å². The molecule has 0 bridgehead atoms. The molecule has 1 saturated carbocycles. The van der Waals surface area contributed by atoms with E-state index in [0.717, 1.165) is 18.9 Å². The van der Waals surface area contributed by atoms with E-state index < -0.39 is 17.5 Å². The Morgan fingerprint density at radius 2 is 1.62 bits per heavy atom. The van der Waals surface area contributed by atoms with Gasteiger partial charge in [-0.05, 0) is 30.9 Å². The third-order valence-corrected chi connectivity index (χ3v) is 5.02. The van der Waals surface area contributed by atoms with Gasteiger partial charge in [0.15, 0.2) is 0 Å². The molecule has 2 aliphatic rings.